The number of unbranched alkanes of at least 4 members (excludes halogenated alkanes) is 7. The van der Waals surface area contributed by atoms with E-state index in [0.717, 1.165) is 18.9 Å². The Labute approximate surface area is 133 Å². The Balaban J connectivity index is 0. The van der Waals surface area contributed by atoms with E-state index in [1.807, 2.05) is 0 Å². The molecule has 0 aromatic carbocycles. The molecule has 0 heterocycles. The van der Waals surface area contributed by atoms with Gasteiger partial charge in [0.15, 0.2) is 0 Å². The van der Waals surface area contributed by atoms with E-state index in [4.69, 9.17) is 0 Å². The van der Waals surface area contributed by atoms with Crippen molar-refractivity contribution in [1.82, 2.24) is 0 Å². The molecule has 18 heavy (non-hydrogen) atoms. The summed E-state index contributed by atoms with van der Waals surface area (Å²) in [6, 6.07) is 0. The zero-order valence-corrected chi connectivity index (χ0v) is 13.9. The predicted octanol–water partition coefficient (Wildman–Crippen LogP) is -0.812. The summed E-state index contributed by atoms with van der Waals surface area (Å²) in [5, 5.41) is 19.5. The van der Waals surface area contributed by atoms with Crippen molar-refractivity contribution in [2.24, 2.45) is 0 Å². The predicted molar refractivity (Wildman–Crippen MR) is 67.4 cm³/mol. The van der Waals surface area contributed by atoms with Crippen molar-refractivity contribution in [3.8, 4) is 0 Å². The molecule has 0 aromatic rings. The fourth-order valence-corrected chi connectivity index (χ4v) is 1.77. The minimum atomic E-state index is -1.25. The minimum Gasteiger partial charge on any atom is -0.545 e. The van der Waals surface area contributed by atoms with Crippen molar-refractivity contribution in [2.75, 3.05) is 0 Å². The normalized spacial score (nSPS) is 12.3. The van der Waals surface area contributed by atoms with Gasteiger partial charge >= 0.3 is 29.6 Å². The van der Waals surface area contributed by atoms with E-state index in [9.17, 15) is 15.0 Å². The van der Waals surface area contributed by atoms with Gasteiger partial charge in [-0.05, 0) is 12.5 Å². The van der Waals surface area contributed by atoms with E-state index in [-0.39, 0.29) is 29.6 Å². The van der Waals surface area contributed by atoms with E-state index in [1.54, 1.807) is 0 Å². The van der Waals surface area contributed by atoms with Crippen LogP contribution in [0.1, 0.15) is 64.7 Å². The summed E-state index contributed by atoms with van der Waals surface area (Å²) < 4.78 is 0. The molecule has 4 heteroatoms. The van der Waals surface area contributed by atoms with Gasteiger partial charge < -0.3 is 15.0 Å². The first-order valence-electron chi connectivity index (χ1n) is 6.74. The number of carbonyl (C=O) groups is 1. The van der Waals surface area contributed by atoms with E-state index in [0.29, 0.717) is 6.42 Å². The van der Waals surface area contributed by atoms with Gasteiger partial charge in [0.1, 0.15) is 0 Å². The van der Waals surface area contributed by atoms with Crippen LogP contribution in [0.5, 0.6) is 0 Å². The first-order chi connectivity index (χ1) is 8.16. The van der Waals surface area contributed by atoms with E-state index < -0.39 is 12.1 Å². The van der Waals surface area contributed by atoms with Crippen LogP contribution in [0.15, 0.2) is 12.2 Å². The molecule has 0 aliphatic carbocycles. The molecule has 100 valence electrons. The maximum Gasteiger partial charge on any atom is 1.00 e. The molecule has 3 nitrogen and oxygen atoms in total. The number of hydrogen-bond acceptors (Lipinski definition) is 3. The second kappa shape index (κ2) is 15.2. The molecule has 0 aliphatic heterocycles. The molecule has 0 fully saturated rings. The van der Waals surface area contributed by atoms with Crippen molar-refractivity contribution >= 4 is 5.97 Å². The van der Waals surface area contributed by atoms with Crippen LogP contribution in [-0.2, 0) is 4.79 Å². The van der Waals surface area contributed by atoms with Crippen LogP contribution in [0, 0.1) is 0 Å². The molecule has 0 spiro atoms. The molecular formula is C14H25NaO3. The molecule has 1 atom stereocenters. The van der Waals surface area contributed by atoms with E-state index in [2.05, 4.69) is 6.92 Å². The Bertz CT molecular complexity index is 217. The zero-order valence-electron chi connectivity index (χ0n) is 11.9. The number of aliphatic carboxylic acids is 1. The maximum absolute atomic E-state index is 10.1. The van der Waals surface area contributed by atoms with Crippen LogP contribution in [-0.4, -0.2) is 17.2 Å². The monoisotopic (exact) mass is 264 g/mol. The van der Waals surface area contributed by atoms with Gasteiger partial charge in [-0.25, -0.2) is 0 Å². The Kier molecular flexibility index (Phi) is 17.3. The third-order valence-corrected chi connectivity index (χ3v) is 2.81. The summed E-state index contributed by atoms with van der Waals surface area (Å²) in [6.07, 6.45) is 12.0. The van der Waals surface area contributed by atoms with Crippen LogP contribution in [0.25, 0.3) is 0 Å². The van der Waals surface area contributed by atoms with Gasteiger partial charge in [-0.1, -0.05) is 64.4 Å². The number of aliphatic hydroxyl groups excluding tert-OH is 1. The van der Waals surface area contributed by atoms with Crippen LogP contribution in [0.4, 0.5) is 0 Å². The summed E-state index contributed by atoms with van der Waals surface area (Å²) in [4.78, 5) is 10.1. The Morgan fingerprint density at radius 2 is 1.61 bits per heavy atom. The Hall–Kier alpha value is 0.170. The first-order valence-corrected chi connectivity index (χ1v) is 6.74. The van der Waals surface area contributed by atoms with Crippen molar-refractivity contribution < 1.29 is 44.6 Å². The number of carboxylic acids is 1. The third-order valence-electron chi connectivity index (χ3n) is 2.81. The van der Waals surface area contributed by atoms with Gasteiger partial charge in [-0.3, -0.25) is 0 Å². The first kappa shape index (κ1) is 20.5. The largest absolute Gasteiger partial charge is 1.00 e. The molecule has 0 aromatic heterocycles. The van der Waals surface area contributed by atoms with Gasteiger partial charge in [0.05, 0.1) is 12.1 Å². The van der Waals surface area contributed by atoms with Crippen molar-refractivity contribution in [2.45, 2.75) is 70.8 Å². The standard InChI is InChI=1S/C14H26O3.Na/c1-2-3-4-5-6-7-8-9-10-13(15)11-12-14(16)17;/h11-13,15H,2-10H2,1H3,(H,16,17);/q;+1/p-1. The van der Waals surface area contributed by atoms with Gasteiger partial charge in [0, 0.05) is 0 Å². The molecule has 0 aliphatic rings. The zero-order chi connectivity index (χ0) is 12.9. The second-order valence-corrected chi connectivity index (χ2v) is 4.51. The van der Waals surface area contributed by atoms with Crippen molar-refractivity contribution in [3.63, 3.8) is 0 Å². The average molecular weight is 264 g/mol. The van der Waals surface area contributed by atoms with Crippen LogP contribution in [0.3, 0.4) is 0 Å². The molecule has 1 unspecified atom stereocenters. The molecule has 0 amide bonds. The molecule has 0 rings (SSSR count). The van der Waals surface area contributed by atoms with Crippen LogP contribution in [0.2, 0.25) is 0 Å². The number of carboxylic acid groups (broad SMARTS) is 1. The second-order valence-electron chi connectivity index (χ2n) is 4.51. The van der Waals surface area contributed by atoms with Crippen LogP contribution >= 0.6 is 0 Å². The van der Waals surface area contributed by atoms with Crippen LogP contribution < -0.4 is 34.7 Å². The number of carbonyl (C=O) groups excluding carboxylic acids is 1. The topological polar surface area (TPSA) is 60.4 Å². The quantitative estimate of drug-likeness (QED) is 0.302. The molecule has 0 radical (unpaired) electrons. The Morgan fingerprint density at radius 1 is 1.11 bits per heavy atom. The summed E-state index contributed by atoms with van der Waals surface area (Å²) in [5.74, 6) is -1.25. The minimum absolute atomic E-state index is 0. The summed E-state index contributed by atoms with van der Waals surface area (Å²) in [6.45, 7) is 2.21. The summed E-state index contributed by atoms with van der Waals surface area (Å²) in [7, 11) is 0. The Morgan fingerprint density at radius 3 is 2.11 bits per heavy atom. The molecule has 0 saturated heterocycles. The average Bonchev–Trinajstić information content (AvgIpc) is 2.30. The van der Waals surface area contributed by atoms with E-state index >= 15 is 0 Å². The number of rotatable bonds is 11. The van der Waals surface area contributed by atoms with E-state index in [1.165, 1.54) is 44.6 Å². The summed E-state index contributed by atoms with van der Waals surface area (Å²) >= 11 is 0. The van der Waals surface area contributed by atoms with Gasteiger partial charge in [-0.2, -0.15) is 0 Å². The molecular weight excluding hydrogens is 239 g/mol. The molecule has 0 saturated carbocycles. The smallest absolute Gasteiger partial charge is 0.545 e. The SMILES string of the molecule is CCCCCCCCCCC(O)C=CC(=O)[O-].[Na+]. The number of hydrogen-bond donors (Lipinski definition) is 1. The molecule has 1 N–H and O–H groups in total. The van der Waals surface area contributed by atoms with Crippen molar-refractivity contribution in [1.29, 1.82) is 0 Å². The van der Waals surface area contributed by atoms with Crippen molar-refractivity contribution in [3.05, 3.63) is 12.2 Å². The summed E-state index contributed by atoms with van der Waals surface area (Å²) in [5.41, 5.74) is 0. The maximum atomic E-state index is 10.1. The fourth-order valence-electron chi connectivity index (χ4n) is 1.77. The van der Waals surface area contributed by atoms with Gasteiger partial charge in [0.2, 0.25) is 0 Å². The number of aliphatic hydroxyl groups is 1. The van der Waals surface area contributed by atoms with Gasteiger partial charge in [-0.15, -0.1) is 0 Å². The molecule has 0 bridgehead atoms. The third kappa shape index (κ3) is 16.2. The van der Waals surface area contributed by atoms with Gasteiger partial charge in [0.25, 0.3) is 0 Å². The fraction of sp³-hybridized carbons (Fsp3) is 0.786.